The van der Waals surface area contributed by atoms with Crippen LogP contribution in [0.5, 0.6) is 11.5 Å². The Balaban J connectivity index is 2.60. The van der Waals surface area contributed by atoms with Crippen LogP contribution in [0.4, 0.5) is 4.39 Å². The first-order valence-corrected chi connectivity index (χ1v) is 6.23. The van der Waals surface area contributed by atoms with Crippen LogP contribution in [-0.2, 0) is 6.54 Å². The van der Waals surface area contributed by atoms with E-state index in [4.69, 9.17) is 9.47 Å². The third-order valence-corrected chi connectivity index (χ3v) is 2.44. The summed E-state index contributed by atoms with van der Waals surface area (Å²) in [4.78, 5) is 0. The molecule has 0 aromatic heterocycles. The van der Waals surface area contributed by atoms with Crippen molar-refractivity contribution < 1.29 is 13.9 Å². The van der Waals surface area contributed by atoms with E-state index in [-0.39, 0.29) is 6.61 Å². The molecule has 1 aromatic rings. The average Bonchev–Trinajstić information content (AvgIpc) is 2.36. The van der Waals surface area contributed by atoms with Gasteiger partial charge in [-0.05, 0) is 30.2 Å². The molecule has 1 rings (SSSR count). The predicted octanol–water partition coefficient (Wildman–Crippen LogP) is 2.79. The molecule has 0 spiro atoms. The Bertz CT molecular complexity index is 356. The van der Waals surface area contributed by atoms with Crippen LogP contribution in [-0.4, -0.2) is 26.9 Å². The highest BCUT2D eigenvalue weighted by atomic mass is 19.1. The Hall–Kier alpha value is -1.29. The van der Waals surface area contributed by atoms with Crippen molar-refractivity contribution in [2.75, 3.05) is 26.9 Å². The Morgan fingerprint density at radius 3 is 2.67 bits per heavy atom. The topological polar surface area (TPSA) is 30.5 Å². The lowest BCUT2D eigenvalue weighted by Crippen LogP contribution is -2.18. The van der Waals surface area contributed by atoms with Crippen LogP contribution in [0.15, 0.2) is 18.2 Å². The summed E-state index contributed by atoms with van der Waals surface area (Å²) in [6.07, 6.45) is 0. The minimum Gasteiger partial charge on any atom is -0.493 e. The van der Waals surface area contributed by atoms with Crippen molar-refractivity contribution in [1.82, 2.24) is 5.32 Å². The lowest BCUT2D eigenvalue weighted by Gasteiger charge is -2.12. The number of alkyl halides is 1. The van der Waals surface area contributed by atoms with Crippen molar-refractivity contribution in [2.45, 2.75) is 20.4 Å². The van der Waals surface area contributed by atoms with Gasteiger partial charge in [0.1, 0.15) is 13.3 Å². The molecule has 1 aromatic carbocycles. The molecule has 1 N–H and O–H groups in total. The Morgan fingerprint density at radius 2 is 2.06 bits per heavy atom. The van der Waals surface area contributed by atoms with Crippen LogP contribution < -0.4 is 14.8 Å². The zero-order valence-corrected chi connectivity index (χ0v) is 11.3. The average molecular weight is 255 g/mol. The largest absolute Gasteiger partial charge is 0.493 e. The molecule has 0 amide bonds. The Kier molecular flexibility index (Phi) is 6.50. The zero-order chi connectivity index (χ0) is 13.4. The molecule has 0 heterocycles. The van der Waals surface area contributed by atoms with E-state index in [0.717, 1.165) is 18.7 Å². The molecule has 0 aliphatic carbocycles. The molecule has 0 aliphatic heterocycles. The fourth-order valence-electron chi connectivity index (χ4n) is 1.59. The molecule has 0 saturated carbocycles. The molecule has 4 heteroatoms. The van der Waals surface area contributed by atoms with E-state index >= 15 is 0 Å². The Labute approximate surface area is 108 Å². The molecule has 0 saturated heterocycles. The fourth-order valence-corrected chi connectivity index (χ4v) is 1.59. The van der Waals surface area contributed by atoms with Crippen LogP contribution in [0.1, 0.15) is 19.4 Å². The summed E-state index contributed by atoms with van der Waals surface area (Å²) in [7, 11) is 1.59. The van der Waals surface area contributed by atoms with Gasteiger partial charge in [0.25, 0.3) is 0 Å². The van der Waals surface area contributed by atoms with Gasteiger partial charge in [0.15, 0.2) is 11.5 Å². The van der Waals surface area contributed by atoms with E-state index in [1.54, 1.807) is 7.11 Å². The van der Waals surface area contributed by atoms with Gasteiger partial charge in [-0.1, -0.05) is 19.9 Å². The molecule has 18 heavy (non-hydrogen) atoms. The van der Waals surface area contributed by atoms with Crippen molar-refractivity contribution in [3.8, 4) is 11.5 Å². The fraction of sp³-hybridized carbons (Fsp3) is 0.571. The number of halogens is 1. The van der Waals surface area contributed by atoms with Gasteiger partial charge in [0.2, 0.25) is 0 Å². The van der Waals surface area contributed by atoms with Crippen LogP contribution in [0, 0.1) is 5.92 Å². The lowest BCUT2D eigenvalue weighted by atomic mass is 10.2. The summed E-state index contributed by atoms with van der Waals surface area (Å²) in [5, 5.41) is 3.36. The van der Waals surface area contributed by atoms with E-state index in [0.29, 0.717) is 17.4 Å². The van der Waals surface area contributed by atoms with Crippen molar-refractivity contribution >= 4 is 0 Å². The molecular formula is C14H22FNO2. The lowest BCUT2D eigenvalue weighted by molar-refractivity contribution is 0.260. The van der Waals surface area contributed by atoms with E-state index in [2.05, 4.69) is 19.2 Å². The molecule has 102 valence electrons. The highest BCUT2D eigenvalue weighted by molar-refractivity contribution is 5.42. The third kappa shape index (κ3) is 4.92. The number of methoxy groups -OCH3 is 1. The van der Waals surface area contributed by atoms with Gasteiger partial charge in [0, 0.05) is 6.54 Å². The van der Waals surface area contributed by atoms with Crippen LogP contribution >= 0.6 is 0 Å². The van der Waals surface area contributed by atoms with Crippen LogP contribution in [0.2, 0.25) is 0 Å². The second kappa shape index (κ2) is 7.93. The van der Waals surface area contributed by atoms with Gasteiger partial charge in [-0.15, -0.1) is 0 Å². The van der Waals surface area contributed by atoms with Crippen molar-refractivity contribution in [2.24, 2.45) is 5.92 Å². The van der Waals surface area contributed by atoms with E-state index in [1.165, 1.54) is 0 Å². The summed E-state index contributed by atoms with van der Waals surface area (Å²) in [5.74, 6) is 1.86. The maximum absolute atomic E-state index is 12.1. The highest BCUT2D eigenvalue weighted by Gasteiger charge is 2.05. The van der Waals surface area contributed by atoms with Crippen molar-refractivity contribution in [3.05, 3.63) is 23.8 Å². The van der Waals surface area contributed by atoms with Gasteiger partial charge in [-0.2, -0.15) is 0 Å². The van der Waals surface area contributed by atoms with Crippen LogP contribution in [0.3, 0.4) is 0 Å². The van der Waals surface area contributed by atoms with E-state index in [9.17, 15) is 4.39 Å². The Morgan fingerprint density at radius 1 is 1.28 bits per heavy atom. The number of rotatable bonds is 8. The molecule has 3 nitrogen and oxygen atoms in total. The second-order valence-electron chi connectivity index (χ2n) is 4.55. The van der Waals surface area contributed by atoms with Crippen molar-refractivity contribution in [1.29, 1.82) is 0 Å². The smallest absolute Gasteiger partial charge is 0.161 e. The number of hydrogen-bond donors (Lipinski definition) is 1. The number of hydrogen-bond acceptors (Lipinski definition) is 3. The first-order chi connectivity index (χ1) is 8.67. The van der Waals surface area contributed by atoms with Gasteiger partial charge >= 0.3 is 0 Å². The molecule has 0 bridgehead atoms. The number of nitrogens with one attached hydrogen (secondary N) is 1. The second-order valence-corrected chi connectivity index (χ2v) is 4.55. The summed E-state index contributed by atoms with van der Waals surface area (Å²) in [6, 6.07) is 5.70. The molecular weight excluding hydrogens is 233 g/mol. The maximum atomic E-state index is 12.1. The minimum atomic E-state index is -0.499. The molecule has 0 unspecified atom stereocenters. The molecule has 0 radical (unpaired) electrons. The zero-order valence-electron chi connectivity index (χ0n) is 11.3. The quantitative estimate of drug-likeness (QED) is 0.775. The first-order valence-electron chi connectivity index (χ1n) is 6.23. The first kappa shape index (κ1) is 14.8. The van der Waals surface area contributed by atoms with Gasteiger partial charge in [-0.25, -0.2) is 4.39 Å². The minimum absolute atomic E-state index is 0.0569. The summed E-state index contributed by atoms with van der Waals surface area (Å²) in [6.45, 7) is 5.66. The summed E-state index contributed by atoms with van der Waals surface area (Å²) >= 11 is 0. The number of benzene rings is 1. The van der Waals surface area contributed by atoms with Gasteiger partial charge in [-0.3, -0.25) is 0 Å². The van der Waals surface area contributed by atoms with Gasteiger partial charge < -0.3 is 14.8 Å². The van der Waals surface area contributed by atoms with E-state index in [1.807, 2.05) is 18.2 Å². The normalized spacial score (nSPS) is 10.7. The molecule has 0 atom stereocenters. The van der Waals surface area contributed by atoms with Gasteiger partial charge in [0.05, 0.1) is 7.11 Å². The maximum Gasteiger partial charge on any atom is 0.161 e. The molecule has 0 aliphatic rings. The molecule has 0 fully saturated rings. The highest BCUT2D eigenvalue weighted by Crippen LogP contribution is 2.27. The van der Waals surface area contributed by atoms with Crippen LogP contribution in [0.25, 0.3) is 0 Å². The summed E-state index contributed by atoms with van der Waals surface area (Å²) in [5.41, 5.74) is 1.13. The van der Waals surface area contributed by atoms with E-state index < -0.39 is 6.67 Å². The monoisotopic (exact) mass is 255 g/mol. The van der Waals surface area contributed by atoms with Crippen molar-refractivity contribution in [3.63, 3.8) is 0 Å². The third-order valence-electron chi connectivity index (χ3n) is 2.44. The standard InChI is InChI=1S/C14H22FNO2/c1-11(2)9-16-10-12-4-5-13(18-7-6-15)14(8-12)17-3/h4-5,8,11,16H,6-7,9-10H2,1-3H3. The number of ether oxygens (including phenoxy) is 2. The predicted molar refractivity (Wildman–Crippen MR) is 71.0 cm³/mol. The summed E-state index contributed by atoms with van der Waals surface area (Å²) < 4.78 is 22.5. The SMILES string of the molecule is COc1cc(CNCC(C)C)ccc1OCCF.